The molecule has 0 fully saturated rings. The van der Waals surface area contributed by atoms with E-state index >= 15 is 0 Å². The average Bonchev–Trinajstić information content (AvgIpc) is 2.58. The van der Waals surface area contributed by atoms with Crippen LogP contribution in [0.25, 0.3) is 0 Å². The summed E-state index contributed by atoms with van der Waals surface area (Å²) in [5, 5.41) is 3.79. The Morgan fingerprint density at radius 2 is 2.06 bits per heavy atom. The molecule has 6 nitrogen and oxygen atoms in total. The first-order valence-corrected chi connectivity index (χ1v) is 7.94. The third kappa shape index (κ3) is 5.42. The van der Waals surface area contributed by atoms with Crippen LogP contribution in [0.1, 0.15) is 26.6 Å². The number of nitrogens with zero attached hydrogens (tertiary/aromatic N) is 2. The number of aromatic nitrogens is 2. The van der Waals surface area contributed by atoms with Gasteiger partial charge >= 0.3 is 0 Å². The van der Waals surface area contributed by atoms with Crippen molar-refractivity contribution >= 4 is 26.7 Å². The molecule has 0 bridgehead atoms. The van der Waals surface area contributed by atoms with Gasteiger partial charge in [-0.2, -0.15) is 4.37 Å². The van der Waals surface area contributed by atoms with E-state index in [0.29, 0.717) is 11.7 Å². The number of hydrogen-bond acceptors (Lipinski definition) is 6. The van der Waals surface area contributed by atoms with E-state index in [2.05, 4.69) is 19.4 Å². The van der Waals surface area contributed by atoms with Crippen LogP contribution in [0.4, 0.5) is 5.13 Å². The van der Waals surface area contributed by atoms with Crippen LogP contribution in [-0.4, -0.2) is 36.1 Å². The Hall–Kier alpha value is -0.730. The van der Waals surface area contributed by atoms with E-state index in [-0.39, 0.29) is 0 Å². The van der Waals surface area contributed by atoms with Crippen LogP contribution >= 0.6 is 11.5 Å². The number of aryl methyl sites for hydroxylation is 1. The zero-order valence-electron chi connectivity index (χ0n) is 10.4. The molecule has 0 amide bonds. The van der Waals surface area contributed by atoms with Gasteiger partial charge in [0, 0.05) is 30.0 Å². The smallest absolute Gasteiger partial charge is 0.209 e. The molecule has 0 saturated heterocycles. The van der Waals surface area contributed by atoms with Gasteiger partial charge in [-0.3, -0.25) is 0 Å². The predicted molar refractivity (Wildman–Crippen MR) is 69.8 cm³/mol. The molecular weight excluding hydrogens is 260 g/mol. The lowest BCUT2D eigenvalue weighted by atomic mass is 10.1. The monoisotopic (exact) mass is 278 g/mol. The maximum absolute atomic E-state index is 11.1. The SMILES string of the molecule is CCc1nsc(NCC(C)(C)NS(C)(=O)=O)n1. The van der Waals surface area contributed by atoms with E-state index in [0.717, 1.165) is 18.5 Å². The summed E-state index contributed by atoms with van der Waals surface area (Å²) in [6.07, 6.45) is 1.94. The molecular formula is C9H18N4O2S2. The number of rotatable bonds is 6. The molecule has 2 N–H and O–H groups in total. The van der Waals surface area contributed by atoms with E-state index in [4.69, 9.17) is 0 Å². The highest BCUT2D eigenvalue weighted by atomic mass is 32.2. The lowest BCUT2D eigenvalue weighted by Crippen LogP contribution is -2.47. The number of hydrogen-bond donors (Lipinski definition) is 2. The summed E-state index contributed by atoms with van der Waals surface area (Å²) in [7, 11) is -3.21. The minimum Gasteiger partial charge on any atom is -0.358 e. The van der Waals surface area contributed by atoms with Gasteiger partial charge in [0.05, 0.1) is 6.26 Å². The molecule has 0 aliphatic rings. The largest absolute Gasteiger partial charge is 0.358 e. The van der Waals surface area contributed by atoms with E-state index in [1.54, 1.807) is 0 Å². The van der Waals surface area contributed by atoms with Gasteiger partial charge in [-0.05, 0) is 13.8 Å². The van der Waals surface area contributed by atoms with Gasteiger partial charge in [0.25, 0.3) is 0 Å². The van der Waals surface area contributed by atoms with Crippen molar-refractivity contribution in [3.63, 3.8) is 0 Å². The Balaban J connectivity index is 2.54. The van der Waals surface area contributed by atoms with Gasteiger partial charge in [-0.25, -0.2) is 18.1 Å². The number of sulfonamides is 1. The molecule has 1 rings (SSSR count). The maximum Gasteiger partial charge on any atom is 0.209 e. The van der Waals surface area contributed by atoms with Crippen LogP contribution in [0.3, 0.4) is 0 Å². The molecule has 0 aliphatic carbocycles. The molecule has 0 unspecified atom stereocenters. The van der Waals surface area contributed by atoms with Gasteiger partial charge in [0.15, 0.2) is 0 Å². The minimum atomic E-state index is -3.21. The van der Waals surface area contributed by atoms with Gasteiger partial charge < -0.3 is 5.32 Å². The summed E-state index contributed by atoms with van der Waals surface area (Å²) in [6, 6.07) is 0. The van der Waals surface area contributed by atoms with Gasteiger partial charge in [-0.15, -0.1) is 0 Å². The van der Waals surface area contributed by atoms with Crippen molar-refractivity contribution < 1.29 is 8.42 Å². The second-order valence-corrected chi connectivity index (χ2v) is 6.98. The first kappa shape index (κ1) is 14.3. The first-order valence-electron chi connectivity index (χ1n) is 5.27. The molecule has 98 valence electrons. The van der Waals surface area contributed by atoms with Crippen molar-refractivity contribution in [2.75, 3.05) is 18.1 Å². The minimum absolute atomic E-state index is 0.457. The summed E-state index contributed by atoms with van der Waals surface area (Å²) < 4.78 is 29.0. The quantitative estimate of drug-likeness (QED) is 0.805. The third-order valence-corrected chi connectivity index (χ3v) is 3.56. The van der Waals surface area contributed by atoms with Crippen LogP contribution in [-0.2, 0) is 16.4 Å². The van der Waals surface area contributed by atoms with Crippen molar-refractivity contribution in [1.29, 1.82) is 0 Å². The second kappa shape index (κ2) is 5.28. The molecule has 0 atom stereocenters. The summed E-state index contributed by atoms with van der Waals surface area (Å²) in [4.78, 5) is 4.25. The maximum atomic E-state index is 11.1. The van der Waals surface area contributed by atoms with Gasteiger partial charge in [0.1, 0.15) is 5.82 Å². The Labute approximate surface area is 106 Å². The molecule has 0 spiro atoms. The van der Waals surface area contributed by atoms with Crippen LogP contribution < -0.4 is 10.0 Å². The zero-order valence-corrected chi connectivity index (χ0v) is 12.1. The Morgan fingerprint density at radius 1 is 1.41 bits per heavy atom. The van der Waals surface area contributed by atoms with E-state index < -0.39 is 15.6 Å². The molecule has 8 heteroatoms. The van der Waals surface area contributed by atoms with E-state index in [1.165, 1.54) is 11.5 Å². The molecule has 0 aromatic carbocycles. The highest BCUT2D eigenvalue weighted by Crippen LogP contribution is 2.13. The zero-order chi connectivity index (χ0) is 13.1. The van der Waals surface area contributed by atoms with E-state index in [1.807, 2.05) is 20.8 Å². The summed E-state index contributed by atoms with van der Waals surface area (Å²) in [6.45, 7) is 6.06. The van der Waals surface area contributed by atoms with Crippen molar-refractivity contribution in [2.45, 2.75) is 32.7 Å². The summed E-state index contributed by atoms with van der Waals surface area (Å²) in [5.41, 5.74) is -0.564. The fourth-order valence-electron chi connectivity index (χ4n) is 1.30. The van der Waals surface area contributed by atoms with Crippen molar-refractivity contribution in [2.24, 2.45) is 0 Å². The fraction of sp³-hybridized carbons (Fsp3) is 0.778. The topological polar surface area (TPSA) is 84.0 Å². The predicted octanol–water partition coefficient (Wildman–Crippen LogP) is 0.840. The van der Waals surface area contributed by atoms with Crippen molar-refractivity contribution in [1.82, 2.24) is 14.1 Å². The Kier molecular flexibility index (Phi) is 4.45. The van der Waals surface area contributed by atoms with Crippen LogP contribution in [0.2, 0.25) is 0 Å². The van der Waals surface area contributed by atoms with Crippen molar-refractivity contribution in [3.05, 3.63) is 5.82 Å². The molecule has 1 heterocycles. The molecule has 0 radical (unpaired) electrons. The number of nitrogens with one attached hydrogen (secondary N) is 2. The Bertz CT molecular complexity index is 467. The average molecular weight is 278 g/mol. The van der Waals surface area contributed by atoms with Crippen LogP contribution in [0, 0.1) is 0 Å². The molecule has 17 heavy (non-hydrogen) atoms. The van der Waals surface area contributed by atoms with Gasteiger partial charge in [-0.1, -0.05) is 6.92 Å². The summed E-state index contributed by atoms with van der Waals surface area (Å²) in [5.74, 6) is 0.798. The molecule has 0 saturated carbocycles. The standard InChI is InChI=1S/C9H18N4O2S2/c1-5-7-11-8(16-12-7)10-6-9(2,3)13-17(4,14)15/h13H,5-6H2,1-4H3,(H,10,11,12). The Morgan fingerprint density at radius 3 is 2.53 bits per heavy atom. The highest BCUT2D eigenvalue weighted by Gasteiger charge is 2.22. The van der Waals surface area contributed by atoms with Crippen molar-refractivity contribution in [3.8, 4) is 0 Å². The lowest BCUT2D eigenvalue weighted by Gasteiger charge is -2.24. The van der Waals surface area contributed by atoms with Gasteiger partial charge in [0.2, 0.25) is 15.2 Å². The molecule has 1 aromatic heterocycles. The number of anilines is 1. The second-order valence-electron chi connectivity index (χ2n) is 4.48. The van der Waals surface area contributed by atoms with Crippen LogP contribution in [0.5, 0.6) is 0 Å². The fourth-order valence-corrected chi connectivity index (χ4v) is 3.02. The normalized spacial score (nSPS) is 12.7. The molecule has 0 aliphatic heterocycles. The summed E-state index contributed by atoms with van der Waals surface area (Å²) >= 11 is 1.28. The lowest BCUT2D eigenvalue weighted by molar-refractivity contribution is 0.476. The van der Waals surface area contributed by atoms with Crippen LogP contribution in [0.15, 0.2) is 0 Å². The third-order valence-electron chi connectivity index (χ3n) is 1.93. The highest BCUT2D eigenvalue weighted by molar-refractivity contribution is 7.88. The molecule has 1 aromatic rings. The van der Waals surface area contributed by atoms with E-state index in [9.17, 15) is 8.42 Å². The first-order chi connectivity index (χ1) is 7.72.